The van der Waals surface area contributed by atoms with Gasteiger partial charge in [-0.05, 0) is 42.9 Å². The van der Waals surface area contributed by atoms with Gasteiger partial charge in [0.05, 0.1) is 0 Å². The van der Waals surface area contributed by atoms with E-state index in [9.17, 15) is 0 Å². The summed E-state index contributed by atoms with van der Waals surface area (Å²) in [6.45, 7) is 2.28. The highest BCUT2D eigenvalue weighted by Crippen LogP contribution is 2.29. The lowest BCUT2D eigenvalue weighted by atomic mass is 9.84. The van der Waals surface area contributed by atoms with E-state index < -0.39 is 0 Å². The summed E-state index contributed by atoms with van der Waals surface area (Å²) in [7, 11) is 0. The van der Waals surface area contributed by atoms with Gasteiger partial charge in [-0.25, -0.2) is 9.97 Å². The minimum absolute atomic E-state index is 0.835. The highest BCUT2D eigenvalue weighted by atomic mass is 79.9. The van der Waals surface area contributed by atoms with Crippen molar-refractivity contribution in [3.05, 3.63) is 46.2 Å². The monoisotopic (exact) mass is 372 g/mol. The van der Waals surface area contributed by atoms with Gasteiger partial charge in [0.2, 0.25) is 0 Å². The van der Waals surface area contributed by atoms with Crippen molar-refractivity contribution in [2.24, 2.45) is 5.92 Å². The zero-order valence-corrected chi connectivity index (χ0v) is 15.5. The highest BCUT2D eigenvalue weighted by molar-refractivity contribution is 9.10. The summed E-state index contributed by atoms with van der Waals surface area (Å²) in [5.41, 5.74) is 3.73. The van der Waals surface area contributed by atoms with Gasteiger partial charge in [-0.1, -0.05) is 67.1 Å². The second-order valence-corrected chi connectivity index (χ2v) is 7.55. The minimum Gasteiger partial charge on any atom is -0.236 e. The molecule has 0 amide bonds. The van der Waals surface area contributed by atoms with E-state index in [1.54, 1.807) is 0 Å². The van der Waals surface area contributed by atoms with Gasteiger partial charge < -0.3 is 0 Å². The third-order valence-corrected chi connectivity index (χ3v) is 5.35. The summed E-state index contributed by atoms with van der Waals surface area (Å²) >= 11 is 3.47. The number of unbranched alkanes of at least 4 members (excludes halogenated alkanes) is 3. The first-order chi connectivity index (χ1) is 11.3. The summed E-state index contributed by atoms with van der Waals surface area (Å²) in [4.78, 5) is 9.44. The van der Waals surface area contributed by atoms with Crippen molar-refractivity contribution in [1.82, 2.24) is 9.97 Å². The van der Waals surface area contributed by atoms with E-state index >= 15 is 0 Å². The van der Waals surface area contributed by atoms with Crippen molar-refractivity contribution < 1.29 is 0 Å². The lowest BCUT2D eigenvalue weighted by Gasteiger charge is -2.24. The molecule has 0 bridgehead atoms. The number of fused-ring (bicyclic) bond motifs is 1. The molecule has 0 spiro atoms. The van der Waals surface area contributed by atoms with Crippen LogP contribution in [0.1, 0.15) is 56.7 Å². The van der Waals surface area contributed by atoms with Crippen LogP contribution in [0.5, 0.6) is 0 Å². The van der Waals surface area contributed by atoms with Crippen molar-refractivity contribution in [3.63, 3.8) is 0 Å². The van der Waals surface area contributed by atoms with Gasteiger partial charge in [0.1, 0.15) is 0 Å². The average molecular weight is 373 g/mol. The van der Waals surface area contributed by atoms with Crippen LogP contribution in [0.4, 0.5) is 0 Å². The van der Waals surface area contributed by atoms with E-state index in [4.69, 9.17) is 4.98 Å². The van der Waals surface area contributed by atoms with Crippen LogP contribution in [0.3, 0.4) is 0 Å². The van der Waals surface area contributed by atoms with Crippen LogP contribution in [-0.2, 0) is 12.8 Å². The van der Waals surface area contributed by atoms with E-state index in [2.05, 4.69) is 46.2 Å². The predicted molar refractivity (Wildman–Crippen MR) is 99.4 cm³/mol. The summed E-state index contributed by atoms with van der Waals surface area (Å²) in [5.74, 6) is 1.69. The molecule has 0 saturated carbocycles. The fourth-order valence-electron chi connectivity index (χ4n) is 3.43. The minimum atomic E-state index is 0.835. The van der Waals surface area contributed by atoms with Crippen molar-refractivity contribution in [2.45, 2.75) is 58.3 Å². The molecule has 2 aromatic rings. The first kappa shape index (κ1) is 16.6. The van der Waals surface area contributed by atoms with E-state index in [-0.39, 0.29) is 0 Å². The molecule has 1 aromatic carbocycles. The number of rotatable bonds is 6. The Morgan fingerprint density at radius 2 is 1.96 bits per heavy atom. The standard InChI is InChI=1S/C20H25BrN2/c1-2-3-4-5-6-15-7-12-19-17(13-15)14-22-20(23-19)16-8-10-18(21)11-9-16/h8-11,14-15H,2-7,12-13H2,1H3. The Labute approximate surface area is 147 Å². The smallest absolute Gasteiger partial charge is 0.159 e. The molecule has 0 N–H and O–H groups in total. The lowest BCUT2D eigenvalue weighted by Crippen LogP contribution is -2.16. The maximum Gasteiger partial charge on any atom is 0.159 e. The van der Waals surface area contributed by atoms with Gasteiger partial charge >= 0.3 is 0 Å². The highest BCUT2D eigenvalue weighted by Gasteiger charge is 2.20. The summed E-state index contributed by atoms with van der Waals surface area (Å²) < 4.78 is 1.09. The normalized spacial score (nSPS) is 17.0. The Balaban J connectivity index is 1.65. The summed E-state index contributed by atoms with van der Waals surface area (Å²) in [6, 6.07) is 8.24. The van der Waals surface area contributed by atoms with Crippen LogP contribution < -0.4 is 0 Å². The third kappa shape index (κ3) is 4.41. The first-order valence-corrected chi connectivity index (χ1v) is 9.66. The van der Waals surface area contributed by atoms with Crippen LogP contribution in [0, 0.1) is 5.92 Å². The molecule has 1 unspecified atom stereocenters. The molecule has 0 fully saturated rings. The maximum absolute atomic E-state index is 4.83. The third-order valence-electron chi connectivity index (χ3n) is 4.82. The molecule has 0 saturated heterocycles. The second-order valence-electron chi connectivity index (χ2n) is 6.63. The van der Waals surface area contributed by atoms with Crippen LogP contribution in [0.15, 0.2) is 34.9 Å². The van der Waals surface area contributed by atoms with Crippen LogP contribution in [0.25, 0.3) is 11.4 Å². The Morgan fingerprint density at radius 1 is 1.13 bits per heavy atom. The second kappa shape index (κ2) is 8.05. The molecule has 1 aliphatic rings. The first-order valence-electron chi connectivity index (χ1n) is 8.87. The number of halogens is 1. The van der Waals surface area contributed by atoms with Gasteiger partial charge in [0, 0.05) is 21.9 Å². The molecule has 3 heteroatoms. The molecule has 1 aromatic heterocycles. The Bertz CT molecular complexity index is 637. The quantitative estimate of drug-likeness (QED) is 0.582. The van der Waals surface area contributed by atoms with Crippen molar-refractivity contribution >= 4 is 15.9 Å². The van der Waals surface area contributed by atoms with Gasteiger partial charge in [-0.3, -0.25) is 0 Å². The van der Waals surface area contributed by atoms with Crippen molar-refractivity contribution in [3.8, 4) is 11.4 Å². The fraction of sp³-hybridized carbons (Fsp3) is 0.500. The molecule has 1 aliphatic carbocycles. The van der Waals surface area contributed by atoms with Crippen LogP contribution in [0.2, 0.25) is 0 Å². The number of aryl methyl sites for hydroxylation is 1. The van der Waals surface area contributed by atoms with Crippen LogP contribution in [-0.4, -0.2) is 9.97 Å². The molecular weight excluding hydrogens is 348 g/mol. The number of hydrogen-bond donors (Lipinski definition) is 0. The van der Waals surface area contributed by atoms with Gasteiger partial charge in [-0.15, -0.1) is 0 Å². The fourth-order valence-corrected chi connectivity index (χ4v) is 3.69. The lowest BCUT2D eigenvalue weighted by molar-refractivity contribution is 0.401. The van der Waals surface area contributed by atoms with Gasteiger partial charge in [0.25, 0.3) is 0 Å². The number of nitrogens with zero attached hydrogens (tertiary/aromatic N) is 2. The predicted octanol–water partition coefficient (Wildman–Crippen LogP) is 5.98. The molecule has 3 rings (SSSR count). The zero-order chi connectivity index (χ0) is 16.1. The van der Waals surface area contributed by atoms with Crippen molar-refractivity contribution in [2.75, 3.05) is 0 Å². The number of aromatic nitrogens is 2. The molecule has 1 heterocycles. The van der Waals surface area contributed by atoms with E-state index in [0.717, 1.165) is 28.2 Å². The molecule has 0 radical (unpaired) electrons. The van der Waals surface area contributed by atoms with Crippen LogP contribution >= 0.6 is 15.9 Å². The van der Waals surface area contributed by atoms with E-state index in [1.807, 2.05) is 12.1 Å². The number of hydrogen-bond acceptors (Lipinski definition) is 2. The molecule has 0 aliphatic heterocycles. The summed E-state index contributed by atoms with van der Waals surface area (Å²) in [5, 5.41) is 0. The summed E-state index contributed by atoms with van der Waals surface area (Å²) in [6.07, 6.45) is 12.5. The molecule has 23 heavy (non-hydrogen) atoms. The topological polar surface area (TPSA) is 25.8 Å². The largest absolute Gasteiger partial charge is 0.236 e. The molecule has 122 valence electrons. The Hall–Kier alpha value is -1.22. The average Bonchev–Trinajstić information content (AvgIpc) is 2.59. The van der Waals surface area contributed by atoms with Gasteiger partial charge in [0.15, 0.2) is 5.82 Å². The van der Waals surface area contributed by atoms with Gasteiger partial charge in [-0.2, -0.15) is 0 Å². The maximum atomic E-state index is 4.83. The SMILES string of the molecule is CCCCCCC1CCc2nc(-c3ccc(Br)cc3)ncc2C1. The number of benzene rings is 1. The Morgan fingerprint density at radius 3 is 2.74 bits per heavy atom. The Kier molecular flexibility index (Phi) is 5.82. The van der Waals surface area contributed by atoms with E-state index in [1.165, 1.54) is 56.2 Å². The van der Waals surface area contributed by atoms with Crippen molar-refractivity contribution in [1.29, 1.82) is 0 Å². The zero-order valence-electron chi connectivity index (χ0n) is 13.9. The molecule has 1 atom stereocenters. The molecular formula is C20H25BrN2. The molecule has 2 nitrogen and oxygen atoms in total. The van der Waals surface area contributed by atoms with E-state index in [0.29, 0.717) is 0 Å².